The molecule has 0 aromatic heterocycles. The molecule has 0 unspecified atom stereocenters. The Hall–Kier alpha value is -2.06. The van der Waals surface area contributed by atoms with Crippen molar-refractivity contribution in [2.75, 3.05) is 0 Å². The number of rotatable bonds is 2. The zero-order chi connectivity index (χ0) is 14.9. The Morgan fingerprint density at radius 2 is 1.55 bits per heavy atom. The van der Waals surface area contributed by atoms with E-state index in [2.05, 4.69) is 0 Å². The van der Waals surface area contributed by atoms with Gasteiger partial charge in [0.15, 0.2) is 23.3 Å². The Balaban J connectivity index is 2.58. The third kappa shape index (κ3) is 2.35. The molecule has 20 heavy (non-hydrogen) atoms. The Bertz CT molecular complexity index is 693. The topological polar surface area (TPSA) is 23.8 Å². The van der Waals surface area contributed by atoms with Crippen molar-refractivity contribution in [3.8, 4) is 6.07 Å². The monoisotopic (exact) mass is 299 g/mol. The fraction of sp³-hybridized carbons (Fsp3) is 0.0714. The van der Waals surface area contributed by atoms with E-state index in [0.29, 0.717) is 5.56 Å². The molecule has 1 nitrogen and oxygen atoms in total. The number of benzene rings is 2. The molecule has 0 N–H and O–H groups in total. The summed E-state index contributed by atoms with van der Waals surface area (Å²) in [7, 11) is 0. The number of hydrogen-bond donors (Lipinski definition) is 0. The molecule has 0 saturated heterocycles. The number of hydrogen-bond acceptors (Lipinski definition) is 1. The molecule has 0 amide bonds. The fourth-order valence-corrected chi connectivity index (χ4v) is 2.01. The predicted molar refractivity (Wildman–Crippen MR) is 65.2 cm³/mol. The molecule has 0 atom stereocenters. The molecule has 0 fully saturated rings. The Morgan fingerprint density at radius 3 is 2.20 bits per heavy atom. The van der Waals surface area contributed by atoms with Gasteiger partial charge in [-0.2, -0.15) is 5.26 Å². The first kappa shape index (κ1) is 14.4. The van der Waals surface area contributed by atoms with Gasteiger partial charge < -0.3 is 0 Å². The lowest BCUT2D eigenvalue weighted by atomic mass is 9.99. The zero-order valence-corrected chi connectivity index (χ0v) is 10.6. The van der Waals surface area contributed by atoms with Crippen LogP contribution in [0.15, 0.2) is 24.3 Å². The lowest BCUT2D eigenvalue weighted by molar-refractivity contribution is 0.405. The third-order valence-electron chi connectivity index (χ3n) is 2.81. The van der Waals surface area contributed by atoms with Gasteiger partial charge in [0.1, 0.15) is 0 Å². The summed E-state index contributed by atoms with van der Waals surface area (Å²) in [5.74, 6) is -7.07. The first-order chi connectivity index (χ1) is 9.47. The van der Waals surface area contributed by atoms with Gasteiger partial charge in [0.25, 0.3) is 0 Å². The van der Waals surface area contributed by atoms with Crippen LogP contribution in [0, 0.1) is 34.6 Å². The number of nitrogens with zero attached hydrogens (tertiary/aromatic N) is 1. The first-order valence-electron chi connectivity index (χ1n) is 5.45. The molecule has 0 spiro atoms. The third-order valence-corrected chi connectivity index (χ3v) is 3.20. The lowest BCUT2D eigenvalue weighted by Crippen LogP contribution is -2.05. The van der Waals surface area contributed by atoms with Crippen LogP contribution >= 0.6 is 11.6 Å². The fourth-order valence-electron chi connectivity index (χ4n) is 1.78. The average Bonchev–Trinajstić information content (AvgIpc) is 2.48. The summed E-state index contributed by atoms with van der Waals surface area (Å²) in [5, 5.41) is 8.08. The second-order valence-electron chi connectivity index (χ2n) is 3.99. The molecule has 2 aromatic carbocycles. The van der Waals surface area contributed by atoms with Crippen LogP contribution in [0.25, 0.3) is 0 Å². The van der Waals surface area contributed by atoms with E-state index in [0.717, 1.165) is 0 Å². The van der Waals surface area contributed by atoms with Crippen LogP contribution in [0.5, 0.6) is 0 Å². The van der Waals surface area contributed by atoms with Gasteiger partial charge in [0.2, 0.25) is 0 Å². The molecule has 0 bridgehead atoms. The van der Waals surface area contributed by atoms with E-state index in [1.165, 1.54) is 12.1 Å². The van der Waals surface area contributed by atoms with E-state index in [-0.39, 0.29) is 12.0 Å². The van der Waals surface area contributed by atoms with Crippen molar-refractivity contribution in [3.63, 3.8) is 0 Å². The maximum absolute atomic E-state index is 13.7. The van der Waals surface area contributed by atoms with Crippen molar-refractivity contribution in [1.82, 2.24) is 0 Å². The molecule has 2 aromatic rings. The molecule has 0 aliphatic rings. The molecule has 2 rings (SSSR count). The summed E-state index contributed by atoms with van der Waals surface area (Å²) >= 11 is 5.52. The van der Waals surface area contributed by atoms with E-state index in [1.807, 2.05) is 6.07 Å². The van der Waals surface area contributed by atoms with Gasteiger partial charge in [-0.25, -0.2) is 17.6 Å². The zero-order valence-electron chi connectivity index (χ0n) is 9.85. The maximum Gasteiger partial charge on any atom is 0.199 e. The highest BCUT2D eigenvalue weighted by molar-refractivity contribution is 6.31. The van der Waals surface area contributed by atoms with Crippen molar-refractivity contribution in [1.29, 1.82) is 5.26 Å². The molecule has 6 heteroatoms. The largest absolute Gasteiger partial charge is 0.203 e. The van der Waals surface area contributed by atoms with E-state index >= 15 is 0 Å². The molecule has 0 radical (unpaired) electrons. The minimum absolute atomic E-state index is 0.216. The Labute approximate surface area is 117 Å². The molecule has 102 valence electrons. The normalized spacial score (nSPS) is 10.4. The molecule has 0 heterocycles. The van der Waals surface area contributed by atoms with E-state index in [1.54, 1.807) is 12.1 Å². The summed E-state index contributed by atoms with van der Waals surface area (Å²) in [6.45, 7) is 0. The minimum Gasteiger partial charge on any atom is -0.203 e. The van der Waals surface area contributed by atoms with Crippen LogP contribution in [0.3, 0.4) is 0 Å². The van der Waals surface area contributed by atoms with Crippen LogP contribution in [0.1, 0.15) is 16.7 Å². The molecule has 0 saturated carbocycles. The highest BCUT2D eigenvalue weighted by Gasteiger charge is 2.24. The quantitative estimate of drug-likeness (QED) is 0.459. The molecular formula is C14H6ClF4N. The lowest BCUT2D eigenvalue weighted by Gasteiger charge is -2.10. The molecule has 0 aliphatic heterocycles. The van der Waals surface area contributed by atoms with Crippen molar-refractivity contribution < 1.29 is 17.6 Å². The highest BCUT2D eigenvalue weighted by Crippen LogP contribution is 2.30. The van der Waals surface area contributed by atoms with Crippen molar-refractivity contribution in [2.45, 2.75) is 6.42 Å². The Kier molecular flexibility index (Phi) is 3.96. The summed E-state index contributed by atoms with van der Waals surface area (Å²) in [5.41, 5.74) is 0.0279. The number of halogens is 5. The van der Waals surface area contributed by atoms with Crippen LogP contribution in [0.4, 0.5) is 17.6 Å². The first-order valence-corrected chi connectivity index (χ1v) is 5.83. The second-order valence-corrected chi connectivity index (χ2v) is 4.37. The maximum atomic E-state index is 13.7. The van der Waals surface area contributed by atoms with Crippen molar-refractivity contribution >= 4 is 11.6 Å². The van der Waals surface area contributed by atoms with E-state index in [4.69, 9.17) is 16.9 Å². The smallest absolute Gasteiger partial charge is 0.199 e. The van der Waals surface area contributed by atoms with Gasteiger partial charge in [-0.3, -0.25) is 0 Å². The minimum atomic E-state index is -1.95. The summed E-state index contributed by atoms with van der Waals surface area (Å²) in [6, 6.07) is 8.00. The van der Waals surface area contributed by atoms with Crippen LogP contribution in [-0.4, -0.2) is 0 Å². The summed E-state index contributed by atoms with van der Waals surface area (Å²) in [6.07, 6.45) is -0.317. The van der Waals surface area contributed by atoms with E-state index in [9.17, 15) is 17.6 Å². The van der Waals surface area contributed by atoms with Gasteiger partial charge in [0.05, 0.1) is 16.7 Å². The van der Waals surface area contributed by atoms with Crippen LogP contribution in [0.2, 0.25) is 5.02 Å². The standard InChI is InChI=1S/C14H6ClF4N/c15-10-9(11(16)13(18)14(19)12(10)17)5-7-3-1-2-4-8(7)6-20/h1-4H,5H2. The summed E-state index contributed by atoms with van der Waals surface area (Å²) < 4.78 is 53.2. The van der Waals surface area contributed by atoms with Gasteiger partial charge in [-0.15, -0.1) is 0 Å². The van der Waals surface area contributed by atoms with Gasteiger partial charge >= 0.3 is 0 Å². The van der Waals surface area contributed by atoms with Gasteiger partial charge in [-0.05, 0) is 11.6 Å². The Morgan fingerprint density at radius 1 is 0.950 bits per heavy atom. The number of nitriles is 1. The van der Waals surface area contributed by atoms with Crippen LogP contribution in [-0.2, 0) is 6.42 Å². The van der Waals surface area contributed by atoms with E-state index < -0.39 is 33.9 Å². The molecular weight excluding hydrogens is 294 g/mol. The van der Waals surface area contributed by atoms with Crippen molar-refractivity contribution in [3.05, 3.63) is 69.2 Å². The van der Waals surface area contributed by atoms with Crippen molar-refractivity contribution in [2.24, 2.45) is 0 Å². The van der Waals surface area contributed by atoms with Crippen LogP contribution < -0.4 is 0 Å². The highest BCUT2D eigenvalue weighted by atomic mass is 35.5. The van der Waals surface area contributed by atoms with Gasteiger partial charge in [0, 0.05) is 12.0 Å². The summed E-state index contributed by atoms with van der Waals surface area (Å²) in [4.78, 5) is 0. The average molecular weight is 300 g/mol. The predicted octanol–water partition coefficient (Wildman–Crippen LogP) is 4.36. The molecule has 0 aliphatic carbocycles. The second kappa shape index (κ2) is 5.51. The SMILES string of the molecule is N#Cc1ccccc1Cc1c(F)c(F)c(F)c(F)c1Cl. The van der Waals surface area contributed by atoms with Gasteiger partial charge in [-0.1, -0.05) is 29.8 Å².